The summed E-state index contributed by atoms with van der Waals surface area (Å²) in [7, 11) is 0. The van der Waals surface area contributed by atoms with E-state index in [2.05, 4.69) is 10.4 Å². The Kier molecular flexibility index (Phi) is 5.59. The summed E-state index contributed by atoms with van der Waals surface area (Å²) in [6.07, 6.45) is 4.48. The van der Waals surface area contributed by atoms with Crippen LogP contribution in [0.3, 0.4) is 0 Å². The first-order valence-electron chi connectivity index (χ1n) is 8.37. The normalized spacial score (nSPS) is 11.9. The van der Waals surface area contributed by atoms with E-state index in [1.165, 1.54) is 0 Å². The number of nitrogens with two attached hydrogens (primary N) is 1. The van der Waals surface area contributed by atoms with Crippen LogP contribution in [-0.4, -0.2) is 15.7 Å². The lowest BCUT2D eigenvalue weighted by Gasteiger charge is -2.11. The van der Waals surface area contributed by atoms with Gasteiger partial charge >= 0.3 is 0 Å². The molecule has 0 aliphatic rings. The first kappa shape index (κ1) is 16.9. The van der Waals surface area contributed by atoms with Gasteiger partial charge < -0.3 is 11.1 Å². The average Bonchev–Trinajstić information content (AvgIpc) is 3.08. The SMILES string of the molecule is NC(CCC(=O)Nc1cnn(Cc2ccccc2)c1)c1ccccc1. The third-order valence-corrected chi connectivity index (χ3v) is 4.01. The number of carbonyl (C=O) groups is 1. The van der Waals surface area contributed by atoms with E-state index in [1.807, 2.05) is 66.9 Å². The molecule has 0 saturated heterocycles. The number of hydrogen-bond donors (Lipinski definition) is 2. The fraction of sp³-hybridized carbons (Fsp3) is 0.200. The second kappa shape index (κ2) is 8.26. The number of hydrogen-bond acceptors (Lipinski definition) is 3. The van der Waals surface area contributed by atoms with Gasteiger partial charge in [-0.25, -0.2) is 0 Å². The molecule has 5 heteroatoms. The number of anilines is 1. The van der Waals surface area contributed by atoms with E-state index in [1.54, 1.807) is 10.9 Å². The van der Waals surface area contributed by atoms with Crippen LogP contribution in [0.15, 0.2) is 73.1 Å². The molecule has 0 spiro atoms. The van der Waals surface area contributed by atoms with Crippen LogP contribution in [0.1, 0.15) is 30.0 Å². The van der Waals surface area contributed by atoms with E-state index in [9.17, 15) is 4.79 Å². The van der Waals surface area contributed by atoms with Crippen molar-refractivity contribution in [2.24, 2.45) is 5.73 Å². The molecule has 1 atom stereocenters. The predicted octanol–water partition coefficient (Wildman–Crippen LogP) is 3.35. The van der Waals surface area contributed by atoms with E-state index in [0.29, 0.717) is 25.1 Å². The van der Waals surface area contributed by atoms with Crippen molar-refractivity contribution in [2.45, 2.75) is 25.4 Å². The lowest BCUT2D eigenvalue weighted by Crippen LogP contribution is -2.16. The van der Waals surface area contributed by atoms with Crippen LogP contribution in [0.4, 0.5) is 5.69 Å². The van der Waals surface area contributed by atoms with Gasteiger partial charge in [0, 0.05) is 18.7 Å². The minimum absolute atomic E-state index is 0.0503. The first-order chi connectivity index (χ1) is 12.2. The zero-order chi connectivity index (χ0) is 17.5. The number of nitrogens with one attached hydrogen (secondary N) is 1. The van der Waals surface area contributed by atoms with Gasteiger partial charge in [-0.1, -0.05) is 60.7 Å². The van der Waals surface area contributed by atoms with Crippen molar-refractivity contribution in [3.63, 3.8) is 0 Å². The van der Waals surface area contributed by atoms with Gasteiger partial charge in [0.15, 0.2) is 0 Å². The Labute approximate surface area is 147 Å². The van der Waals surface area contributed by atoms with Gasteiger partial charge in [0.05, 0.1) is 18.4 Å². The molecule has 0 aliphatic carbocycles. The molecule has 3 aromatic rings. The number of amides is 1. The van der Waals surface area contributed by atoms with E-state index in [4.69, 9.17) is 5.73 Å². The lowest BCUT2D eigenvalue weighted by atomic mass is 10.0. The summed E-state index contributed by atoms with van der Waals surface area (Å²) in [6, 6.07) is 19.8. The topological polar surface area (TPSA) is 72.9 Å². The average molecular weight is 334 g/mol. The number of rotatable bonds is 7. The van der Waals surface area contributed by atoms with Crippen LogP contribution >= 0.6 is 0 Å². The fourth-order valence-corrected chi connectivity index (χ4v) is 2.66. The number of carbonyl (C=O) groups excluding carboxylic acids is 1. The minimum atomic E-state index is -0.132. The van der Waals surface area contributed by atoms with Crippen molar-refractivity contribution < 1.29 is 4.79 Å². The number of aromatic nitrogens is 2. The van der Waals surface area contributed by atoms with Crippen molar-refractivity contribution in [1.82, 2.24) is 9.78 Å². The molecule has 25 heavy (non-hydrogen) atoms. The maximum Gasteiger partial charge on any atom is 0.224 e. The standard InChI is InChI=1S/C20H22N4O/c21-19(17-9-5-2-6-10-17)11-12-20(25)23-18-13-22-24(15-18)14-16-7-3-1-4-8-16/h1-10,13,15,19H,11-12,14,21H2,(H,23,25). The smallest absolute Gasteiger partial charge is 0.224 e. The van der Waals surface area contributed by atoms with Crippen molar-refractivity contribution in [3.05, 3.63) is 84.2 Å². The monoisotopic (exact) mass is 334 g/mol. The molecule has 1 unspecified atom stereocenters. The van der Waals surface area contributed by atoms with Gasteiger partial charge in [0.2, 0.25) is 5.91 Å². The predicted molar refractivity (Wildman–Crippen MR) is 99.0 cm³/mol. The first-order valence-corrected chi connectivity index (χ1v) is 8.37. The van der Waals surface area contributed by atoms with Crippen LogP contribution in [0, 0.1) is 0 Å². The zero-order valence-electron chi connectivity index (χ0n) is 14.0. The summed E-state index contributed by atoms with van der Waals surface area (Å²) in [5.41, 5.74) is 9.04. The highest BCUT2D eigenvalue weighted by atomic mass is 16.1. The Bertz CT molecular complexity index is 799. The molecule has 0 fully saturated rings. The van der Waals surface area contributed by atoms with Crippen molar-refractivity contribution in [2.75, 3.05) is 5.32 Å². The molecular formula is C20H22N4O. The van der Waals surface area contributed by atoms with Crippen LogP contribution in [0.2, 0.25) is 0 Å². The quantitative estimate of drug-likeness (QED) is 0.696. The van der Waals surface area contributed by atoms with Gasteiger partial charge in [0.25, 0.3) is 0 Å². The van der Waals surface area contributed by atoms with E-state index >= 15 is 0 Å². The van der Waals surface area contributed by atoms with Crippen LogP contribution in [-0.2, 0) is 11.3 Å². The Morgan fingerprint density at radius 3 is 2.48 bits per heavy atom. The largest absolute Gasteiger partial charge is 0.324 e. The molecule has 0 bridgehead atoms. The van der Waals surface area contributed by atoms with Crippen molar-refractivity contribution in [3.8, 4) is 0 Å². The Hall–Kier alpha value is -2.92. The third-order valence-electron chi connectivity index (χ3n) is 4.01. The molecule has 5 nitrogen and oxygen atoms in total. The second-order valence-electron chi connectivity index (χ2n) is 6.02. The molecule has 0 radical (unpaired) electrons. The Morgan fingerprint density at radius 1 is 1.08 bits per heavy atom. The van der Waals surface area contributed by atoms with Crippen molar-refractivity contribution >= 4 is 11.6 Å². The number of benzene rings is 2. The second-order valence-corrected chi connectivity index (χ2v) is 6.02. The molecule has 3 N–H and O–H groups in total. The molecule has 0 saturated carbocycles. The summed E-state index contributed by atoms with van der Waals surface area (Å²) in [5, 5.41) is 7.16. The third kappa shape index (κ3) is 5.02. The maximum atomic E-state index is 12.1. The summed E-state index contributed by atoms with van der Waals surface area (Å²) in [4.78, 5) is 12.1. The van der Waals surface area contributed by atoms with Crippen LogP contribution in [0.25, 0.3) is 0 Å². The Balaban J connectivity index is 1.48. The molecular weight excluding hydrogens is 312 g/mol. The summed E-state index contributed by atoms with van der Waals surface area (Å²) in [6.45, 7) is 0.676. The maximum absolute atomic E-state index is 12.1. The molecule has 128 valence electrons. The van der Waals surface area contributed by atoms with Crippen LogP contribution < -0.4 is 11.1 Å². The summed E-state index contributed by atoms with van der Waals surface area (Å²) in [5.74, 6) is -0.0503. The van der Waals surface area contributed by atoms with Gasteiger partial charge in [-0.15, -0.1) is 0 Å². The van der Waals surface area contributed by atoms with Gasteiger partial charge in [-0.2, -0.15) is 5.10 Å². The highest BCUT2D eigenvalue weighted by Crippen LogP contribution is 2.16. The van der Waals surface area contributed by atoms with Gasteiger partial charge in [-0.3, -0.25) is 9.48 Å². The summed E-state index contributed by atoms with van der Waals surface area (Å²) >= 11 is 0. The van der Waals surface area contributed by atoms with Crippen LogP contribution in [0.5, 0.6) is 0 Å². The molecule has 3 rings (SSSR count). The van der Waals surface area contributed by atoms with E-state index in [-0.39, 0.29) is 11.9 Å². The highest BCUT2D eigenvalue weighted by molar-refractivity contribution is 5.90. The fourth-order valence-electron chi connectivity index (χ4n) is 2.66. The van der Waals surface area contributed by atoms with E-state index < -0.39 is 0 Å². The zero-order valence-corrected chi connectivity index (χ0v) is 14.0. The minimum Gasteiger partial charge on any atom is -0.324 e. The van der Waals surface area contributed by atoms with Gasteiger partial charge in [-0.05, 0) is 17.5 Å². The van der Waals surface area contributed by atoms with E-state index in [0.717, 1.165) is 11.1 Å². The molecule has 1 aromatic heterocycles. The Morgan fingerprint density at radius 2 is 1.76 bits per heavy atom. The summed E-state index contributed by atoms with van der Waals surface area (Å²) < 4.78 is 1.81. The molecule has 2 aromatic carbocycles. The van der Waals surface area contributed by atoms with Crippen molar-refractivity contribution in [1.29, 1.82) is 0 Å². The molecule has 1 amide bonds. The van der Waals surface area contributed by atoms with Gasteiger partial charge in [0.1, 0.15) is 0 Å². The molecule has 1 heterocycles. The number of nitrogens with zero attached hydrogens (tertiary/aromatic N) is 2. The highest BCUT2D eigenvalue weighted by Gasteiger charge is 2.10. The lowest BCUT2D eigenvalue weighted by molar-refractivity contribution is -0.116. The molecule has 0 aliphatic heterocycles.